The number of halogens is 1. The van der Waals surface area contributed by atoms with Crippen LogP contribution < -0.4 is 0 Å². The highest BCUT2D eigenvalue weighted by atomic mass is 35.5. The van der Waals surface area contributed by atoms with Gasteiger partial charge < -0.3 is 0 Å². The SMILES string of the molecule is C=C(CCC(=C)CC(C1=CC=C(C2CCC2)CC1)(C1=C(Cl)C(C)CC=C1)c1ccccc1)CC(C)(C)C. The normalized spacial score (nSPS) is 22.1. The van der Waals surface area contributed by atoms with Gasteiger partial charge in [-0.15, -0.1) is 0 Å². The average Bonchev–Trinajstić information content (AvgIpc) is 2.82. The first-order chi connectivity index (χ1) is 17.6. The van der Waals surface area contributed by atoms with E-state index in [9.17, 15) is 0 Å². The van der Waals surface area contributed by atoms with E-state index >= 15 is 0 Å². The highest BCUT2D eigenvalue weighted by Gasteiger charge is 2.42. The van der Waals surface area contributed by atoms with Crippen LogP contribution in [0.1, 0.15) is 97.5 Å². The summed E-state index contributed by atoms with van der Waals surface area (Å²) >= 11 is 7.22. The molecule has 1 heteroatoms. The zero-order valence-corrected chi connectivity index (χ0v) is 24.5. The first-order valence-electron chi connectivity index (χ1n) is 14.5. The minimum atomic E-state index is -0.284. The monoisotopic (exact) mass is 514 g/mol. The van der Waals surface area contributed by atoms with E-state index in [1.165, 1.54) is 53.5 Å². The fraction of sp³-hybridized carbons (Fsp3) is 0.500. The molecule has 3 aliphatic carbocycles. The van der Waals surface area contributed by atoms with Crippen LogP contribution in [0.4, 0.5) is 0 Å². The van der Waals surface area contributed by atoms with Crippen molar-refractivity contribution in [3.8, 4) is 0 Å². The first kappa shape index (κ1) is 28.0. The second-order valence-electron chi connectivity index (χ2n) is 13.0. The smallest absolute Gasteiger partial charge is 0.0462 e. The van der Waals surface area contributed by atoms with E-state index in [2.05, 4.69) is 95.5 Å². The molecule has 2 unspecified atom stereocenters. The number of hydrogen-bond donors (Lipinski definition) is 0. The number of allylic oxidation sites excluding steroid dienone is 10. The predicted octanol–water partition coefficient (Wildman–Crippen LogP) is 11.2. The molecule has 1 saturated carbocycles. The molecule has 0 aromatic heterocycles. The molecule has 0 bridgehead atoms. The van der Waals surface area contributed by atoms with Gasteiger partial charge in [-0.2, -0.15) is 0 Å². The highest BCUT2D eigenvalue weighted by molar-refractivity contribution is 6.30. The van der Waals surface area contributed by atoms with Crippen LogP contribution in [0.5, 0.6) is 0 Å². The van der Waals surface area contributed by atoms with Crippen molar-refractivity contribution in [1.29, 1.82) is 0 Å². The van der Waals surface area contributed by atoms with E-state index < -0.39 is 0 Å². The highest BCUT2D eigenvalue weighted by Crippen LogP contribution is 2.52. The van der Waals surface area contributed by atoms with E-state index in [-0.39, 0.29) is 10.8 Å². The summed E-state index contributed by atoms with van der Waals surface area (Å²) in [5.74, 6) is 1.15. The zero-order chi connectivity index (χ0) is 26.6. The molecule has 0 nitrogen and oxygen atoms in total. The standard InChI is InChI=1S/C36H47Cl/c1-26(24-35(4,5)6)18-19-27(2)25-36(31-15-8-7-9-16-31,33-17-10-12-28(3)34(33)37)32-22-20-30(21-23-32)29-13-11-14-29/h7-10,15-17,20,22,28-29H,1-2,11-14,18-19,21,23-25H2,3-6H3. The van der Waals surface area contributed by atoms with Crippen LogP contribution in [-0.4, -0.2) is 0 Å². The van der Waals surface area contributed by atoms with E-state index in [1.54, 1.807) is 5.57 Å². The Balaban J connectivity index is 1.74. The summed E-state index contributed by atoms with van der Waals surface area (Å²) in [6, 6.07) is 11.1. The van der Waals surface area contributed by atoms with Crippen LogP contribution in [0.2, 0.25) is 0 Å². The lowest BCUT2D eigenvalue weighted by Crippen LogP contribution is -2.34. The number of hydrogen-bond acceptors (Lipinski definition) is 0. The minimum Gasteiger partial charge on any atom is -0.0998 e. The van der Waals surface area contributed by atoms with Gasteiger partial charge in [0.05, 0.1) is 0 Å². The topological polar surface area (TPSA) is 0 Å². The Morgan fingerprint density at radius 1 is 0.946 bits per heavy atom. The van der Waals surface area contributed by atoms with Gasteiger partial charge in [0, 0.05) is 10.4 Å². The Hall–Kier alpha value is -2.05. The lowest BCUT2D eigenvalue weighted by molar-refractivity contribution is 0.356. The maximum atomic E-state index is 7.22. The molecule has 37 heavy (non-hydrogen) atoms. The molecular formula is C36H47Cl. The molecule has 0 N–H and O–H groups in total. The molecule has 2 atom stereocenters. The van der Waals surface area contributed by atoms with E-state index in [0.29, 0.717) is 5.92 Å². The maximum absolute atomic E-state index is 7.22. The average molecular weight is 515 g/mol. The van der Waals surface area contributed by atoms with Crippen LogP contribution in [0.25, 0.3) is 0 Å². The van der Waals surface area contributed by atoms with Gasteiger partial charge in [-0.1, -0.05) is 136 Å². The van der Waals surface area contributed by atoms with Gasteiger partial charge in [0.2, 0.25) is 0 Å². The van der Waals surface area contributed by atoms with Crippen LogP contribution in [-0.2, 0) is 5.41 Å². The molecule has 4 rings (SSSR count). The predicted molar refractivity (Wildman–Crippen MR) is 163 cm³/mol. The van der Waals surface area contributed by atoms with Crippen molar-refractivity contribution in [3.05, 3.63) is 106 Å². The molecule has 0 radical (unpaired) electrons. The van der Waals surface area contributed by atoms with Crippen LogP contribution >= 0.6 is 11.6 Å². The molecule has 3 aliphatic rings. The second kappa shape index (κ2) is 11.8. The summed E-state index contributed by atoms with van der Waals surface area (Å²) in [7, 11) is 0. The molecular weight excluding hydrogens is 468 g/mol. The van der Waals surface area contributed by atoms with Crippen LogP contribution in [0, 0.1) is 17.3 Å². The number of benzene rings is 1. The van der Waals surface area contributed by atoms with Gasteiger partial charge in [0.1, 0.15) is 0 Å². The van der Waals surface area contributed by atoms with Gasteiger partial charge in [0.25, 0.3) is 0 Å². The Kier molecular flexibility index (Phi) is 8.90. The Morgan fingerprint density at radius 2 is 1.62 bits per heavy atom. The maximum Gasteiger partial charge on any atom is 0.0462 e. The van der Waals surface area contributed by atoms with Crippen molar-refractivity contribution >= 4 is 11.6 Å². The second-order valence-corrected chi connectivity index (χ2v) is 13.5. The number of rotatable bonds is 10. The molecule has 198 valence electrons. The summed E-state index contributed by atoms with van der Waals surface area (Å²) in [5.41, 5.74) is 8.36. The summed E-state index contributed by atoms with van der Waals surface area (Å²) in [5, 5.41) is 1.02. The van der Waals surface area contributed by atoms with Crippen molar-refractivity contribution in [1.82, 2.24) is 0 Å². The largest absolute Gasteiger partial charge is 0.0998 e. The van der Waals surface area contributed by atoms with E-state index in [1.807, 2.05) is 0 Å². The van der Waals surface area contributed by atoms with Crippen molar-refractivity contribution < 1.29 is 0 Å². The third kappa shape index (κ3) is 6.51. The quantitative estimate of drug-likeness (QED) is 0.272. The third-order valence-corrected chi connectivity index (χ3v) is 9.25. The summed E-state index contributed by atoms with van der Waals surface area (Å²) in [6.45, 7) is 18.2. The van der Waals surface area contributed by atoms with Crippen molar-refractivity contribution in [2.45, 2.75) is 97.3 Å². The zero-order valence-electron chi connectivity index (χ0n) is 23.7. The summed E-state index contributed by atoms with van der Waals surface area (Å²) < 4.78 is 0. The fourth-order valence-electron chi connectivity index (χ4n) is 6.52. The summed E-state index contributed by atoms with van der Waals surface area (Å²) in [4.78, 5) is 0. The molecule has 0 spiro atoms. The van der Waals surface area contributed by atoms with Gasteiger partial charge in [0.15, 0.2) is 0 Å². The van der Waals surface area contributed by atoms with E-state index in [4.69, 9.17) is 11.6 Å². The molecule has 0 amide bonds. The van der Waals surface area contributed by atoms with Gasteiger partial charge in [-0.3, -0.25) is 0 Å². The van der Waals surface area contributed by atoms with Crippen molar-refractivity contribution in [3.63, 3.8) is 0 Å². The van der Waals surface area contributed by atoms with Crippen molar-refractivity contribution in [2.24, 2.45) is 17.3 Å². The van der Waals surface area contributed by atoms with Gasteiger partial charge >= 0.3 is 0 Å². The molecule has 1 aromatic rings. The molecule has 0 heterocycles. The molecule has 1 fully saturated rings. The Labute approximate surface area is 232 Å². The molecule has 0 saturated heterocycles. The molecule has 0 aliphatic heterocycles. The summed E-state index contributed by atoms with van der Waals surface area (Å²) in [6.07, 6.45) is 20.9. The fourth-order valence-corrected chi connectivity index (χ4v) is 6.83. The molecule has 1 aromatic carbocycles. The van der Waals surface area contributed by atoms with Gasteiger partial charge in [-0.05, 0) is 86.2 Å². The lowest BCUT2D eigenvalue weighted by Gasteiger charge is -2.43. The Morgan fingerprint density at radius 3 is 2.19 bits per heavy atom. The lowest BCUT2D eigenvalue weighted by atomic mass is 9.61. The van der Waals surface area contributed by atoms with E-state index in [0.717, 1.165) is 49.5 Å². The van der Waals surface area contributed by atoms with Crippen LogP contribution in [0.15, 0.2) is 101 Å². The third-order valence-electron chi connectivity index (χ3n) is 8.68. The van der Waals surface area contributed by atoms with Gasteiger partial charge in [-0.25, -0.2) is 0 Å². The van der Waals surface area contributed by atoms with Crippen LogP contribution in [0.3, 0.4) is 0 Å². The first-order valence-corrected chi connectivity index (χ1v) is 14.8. The van der Waals surface area contributed by atoms with Crippen molar-refractivity contribution in [2.75, 3.05) is 0 Å². The Bertz CT molecular complexity index is 1110. The minimum absolute atomic E-state index is 0.269.